The molecular formula is C13H11Cl2F2NO3. The average molecular weight is 338 g/mol. The molecule has 1 N–H and O–H groups in total. The molecule has 1 saturated carbocycles. The highest BCUT2D eigenvalue weighted by Gasteiger charge is 2.67. The fourth-order valence-electron chi connectivity index (χ4n) is 1.82. The summed E-state index contributed by atoms with van der Waals surface area (Å²) in [5.74, 6) is -3.70. The van der Waals surface area contributed by atoms with Gasteiger partial charge in [-0.2, -0.15) is 0 Å². The first-order valence-electron chi connectivity index (χ1n) is 5.89. The van der Waals surface area contributed by atoms with Crippen LogP contribution in [0, 0.1) is 17.0 Å². The zero-order chi connectivity index (χ0) is 16.0. The molecule has 0 aromatic heterocycles. The molecule has 0 heterocycles. The Morgan fingerprint density at radius 2 is 1.86 bits per heavy atom. The molecular weight excluding hydrogens is 327 g/mol. The molecule has 0 spiro atoms. The van der Waals surface area contributed by atoms with Gasteiger partial charge in [0.2, 0.25) is 5.91 Å². The highest BCUT2D eigenvalue weighted by atomic mass is 35.5. The molecule has 0 bridgehead atoms. The van der Waals surface area contributed by atoms with E-state index < -0.39 is 38.8 Å². The Morgan fingerprint density at radius 1 is 1.29 bits per heavy atom. The number of benzene rings is 1. The van der Waals surface area contributed by atoms with Gasteiger partial charge in [-0.1, -0.05) is 0 Å². The Bertz CT molecular complexity index is 636. The minimum absolute atomic E-state index is 0.210. The Morgan fingerprint density at radius 3 is 2.33 bits per heavy atom. The third-order valence-electron chi connectivity index (χ3n) is 3.47. The lowest BCUT2D eigenvalue weighted by Gasteiger charge is -2.14. The molecule has 1 atom stereocenters. The second-order valence-corrected chi connectivity index (χ2v) is 6.45. The largest absolute Gasteiger partial charge is 0.465 e. The van der Waals surface area contributed by atoms with Crippen molar-refractivity contribution >= 4 is 40.8 Å². The molecule has 114 valence electrons. The minimum atomic E-state index is -1.22. The van der Waals surface area contributed by atoms with E-state index in [1.54, 1.807) is 0 Å². The maximum absolute atomic E-state index is 13.7. The van der Waals surface area contributed by atoms with E-state index in [0.29, 0.717) is 6.07 Å². The van der Waals surface area contributed by atoms with Gasteiger partial charge >= 0.3 is 5.97 Å². The summed E-state index contributed by atoms with van der Waals surface area (Å²) < 4.78 is 30.3. The molecule has 1 aliphatic carbocycles. The summed E-state index contributed by atoms with van der Waals surface area (Å²) in [4.78, 5) is 23.4. The first kappa shape index (κ1) is 16.0. The molecule has 4 nitrogen and oxygen atoms in total. The first-order valence-corrected chi connectivity index (χ1v) is 6.64. The van der Waals surface area contributed by atoms with E-state index >= 15 is 0 Å². The fraction of sp³-hybridized carbons (Fsp3) is 0.385. The van der Waals surface area contributed by atoms with Crippen LogP contribution in [0.2, 0.25) is 0 Å². The molecule has 1 amide bonds. The van der Waals surface area contributed by atoms with E-state index in [1.807, 2.05) is 0 Å². The van der Waals surface area contributed by atoms with Gasteiger partial charge in [0.25, 0.3) is 0 Å². The number of rotatable bonds is 3. The van der Waals surface area contributed by atoms with Crippen molar-refractivity contribution in [2.45, 2.75) is 17.7 Å². The molecule has 1 aromatic carbocycles. The minimum Gasteiger partial charge on any atom is -0.465 e. The maximum atomic E-state index is 13.7. The number of ether oxygens (including phenoxy) is 1. The molecule has 1 fully saturated rings. The molecule has 1 aliphatic rings. The van der Waals surface area contributed by atoms with Crippen LogP contribution in [-0.2, 0) is 9.53 Å². The number of amides is 1. The fourth-order valence-corrected chi connectivity index (χ4v) is 2.52. The zero-order valence-electron chi connectivity index (χ0n) is 11.1. The van der Waals surface area contributed by atoms with Crippen molar-refractivity contribution in [1.82, 2.24) is 0 Å². The topological polar surface area (TPSA) is 55.4 Å². The molecule has 21 heavy (non-hydrogen) atoms. The van der Waals surface area contributed by atoms with Crippen molar-refractivity contribution in [2.24, 2.45) is 5.41 Å². The zero-order valence-corrected chi connectivity index (χ0v) is 12.6. The van der Waals surface area contributed by atoms with Gasteiger partial charge in [0.1, 0.15) is 16.0 Å². The van der Waals surface area contributed by atoms with Crippen LogP contribution in [0.25, 0.3) is 0 Å². The summed E-state index contributed by atoms with van der Waals surface area (Å²) in [5, 5.41) is 2.26. The van der Waals surface area contributed by atoms with E-state index in [4.69, 9.17) is 23.2 Å². The maximum Gasteiger partial charge on any atom is 0.340 e. The quantitative estimate of drug-likeness (QED) is 0.680. The summed E-state index contributed by atoms with van der Waals surface area (Å²) in [6.07, 6.45) is 0.210. The van der Waals surface area contributed by atoms with Crippen molar-refractivity contribution in [1.29, 1.82) is 0 Å². The van der Waals surface area contributed by atoms with E-state index in [2.05, 4.69) is 10.1 Å². The second kappa shape index (κ2) is 5.10. The number of carbonyl (C=O) groups excluding carboxylic acids is 2. The van der Waals surface area contributed by atoms with Crippen molar-refractivity contribution in [3.05, 3.63) is 29.3 Å². The predicted octanol–water partition coefficient (Wildman–Crippen LogP) is 3.27. The van der Waals surface area contributed by atoms with E-state index in [0.717, 1.165) is 13.2 Å². The van der Waals surface area contributed by atoms with E-state index in [9.17, 15) is 18.4 Å². The number of methoxy groups -OCH3 is 1. The number of esters is 1. The van der Waals surface area contributed by atoms with Crippen molar-refractivity contribution < 1.29 is 23.1 Å². The number of hydrogen-bond donors (Lipinski definition) is 1. The van der Waals surface area contributed by atoms with Crippen LogP contribution in [0.5, 0.6) is 0 Å². The highest BCUT2D eigenvalue weighted by molar-refractivity contribution is 6.53. The third kappa shape index (κ3) is 2.70. The van der Waals surface area contributed by atoms with Crippen LogP contribution in [0.4, 0.5) is 14.5 Å². The van der Waals surface area contributed by atoms with Gasteiger partial charge in [0.05, 0.1) is 23.8 Å². The van der Waals surface area contributed by atoms with Crippen LogP contribution < -0.4 is 5.32 Å². The summed E-state index contributed by atoms with van der Waals surface area (Å²) in [7, 11) is 1.06. The third-order valence-corrected chi connectivity index (χ3v) is 4.57. The van der Waals surface area contributed by atoms with Crippen LogP contribution in [0.1, 0.15) is 23.7 Å². The monoisotopic (exact) mass is 337 g/mol. The van der Waals surface area contributed by atoms with Crippen LogP contribution in [0.3, 0.4) is 0 Å². The van der Waals surface area contributed by atoms with Gasteiger partial charge in [-0.15, -0.1) is 23.2 Å². The molecule has 0 radical (unpaired) electrons. The Labute approximate surface area is 129 Å². The Balaban J connectivity index is 2.29. The summed E-state index contributed by atoms with van der Waals surface area (Å²) >= 11 is 11.7. The lowest BCUT2D eigenvalue weighted by Crippen LogP contribution is -2.26. The number of alkyl halides is 2. The molecule has 0 aliphatic heterocycles. The number of halogens is 4. The van der Waals surface area contributed by atoms with Crippen LogP contribution in [0.15, 0.2) is 12.1 Å². The summed E-state index contributed by atoms with van der Waals surface area (Å²) in [5.41, 5.74) is -1.90. The number of anilines is 1. The normalized spacial score (nSPS) is 22.6. The molecule has 2 rings (SSSR count). The van der Waals surface area contributed by atoms with Crippen LogP contribution >= 0.6 is 23.2 Å². The summed E-state index contributed by atoms with van der Waals surface area (Å²) in [6.45, 7) is 1.52. The molecule has 1 unspecified atom stereocenters. The standard InChI is InChI=1S/C13H11Cl2F2NO3/c1-12(5-13(12,14)15)11(20)18-9-3-6(10(19)21-2)7(16)4-8(9)17/h3-4H,5H2,1-2H3,(H,18,20). The lowest BCUT2D eigenvalue weighted by atomic mass is 10.1. The van der Waals surface area contributed by atoms with Crippen molar-refractivity contribution in [3.8, 4) is 0 Å². The number of carbonyl (C=O) groups is 2. The van der Waals surface area contributed by atoms with Gasteiger partial charge < -0.3 is 10.1 Å². The van der Waals surface area contributed by atoms with Crippen LogP contribution in [-0.4, -0.2) is 23.3 Å². The van der Waals surface area contributed by atoms with E-state index in [-0.39, 0.29) is 12.1 Å². The van der Waals surface area contributed by atoms with Crippen molar-refractivity contribution in [3.63, 3.8) is 0 Å². The SMILES string of the molecule is COC(=O)c1cc(NC(=O)C2(C)CC2(Cl)Cl)c(F)cc1F. The lowest BCUT2D eigenvalue weighted by molar-refractivity contribution is -0.120. The highest BCUT2D eigenvalue weighted by Crippen LogP contribution is 2.64. The smallest absolute Gasteiger partial charge is 0.340 e. The van der Waals surface area contributed by atoms with Gasteiger partial charge in [-0.3, -0.25) is 4.79 Å². The Kier molecular flexibility index (Phi) is 3.88. The van der Waals surface area contributed by atoms with Gasteiger partial charge in [-0.05, 0) is 19.4 Å². The predicted molar refractivity (Wildman–Crippen MR) is 73.5 cm³/mol. The average Bonchev–Trinajstić information content (AvgIpc) is 2.92. The van der Waals surface area contributed by atoms with Gasteiger partial charge in [0.15, 0.2) is 0 Å². The number of nitrogens with one attached hydrogen (secondary N) is 1. The molecule has 8 heteroatoms. The van der Waals surface area contributed by atoms with Gasteiger partial charge in [-0.25, -0.2) is 13.6 Å². The molecule has 1 aromatic rings. The second-order valence-electron chi connectivity index (χ2n) is 4.97. The molecule has 0 saturated heterocycles. The number of hydrogen-bond acceptors (Lipinski definition) is 3. The summed E-state index contributed by atoms with van der Waals surface area (Å²) in [6, 6.07) is 1.36. The van der Waals surface area contributed by atoms with Gasteiger partial charge in [0, 0.05) is 6.07 Å². The van der Waals surface area contributed by atoms with Crippen molar-refractivity contribution in [2.75, 3.05) is 12.4 Å². The Hall–Kier alpha value is -1.40. The van der Waals surface area contributed by atoms with E-state index in [1.165, 1.54) is 6.92 Å². The first-order chi connectivity index (χ1) is 9.62.